The molecule has 0 aliphatic rings. The minimum atomic E-state index is -1.30. The molecule has 0 saturated heterocycles. The lowest BCUT2D eigenvalue weighted by Gasteiger charge is -2.41. The number of guanidine groups is 1. The Kier molecular flexibility index (Phi) is 9.37. The molecule has 2 amide bonds. The number of phenolic OH excluding ortho intramolecular Hbond substituents is 1. The van der Waals surface area contributed by atoms with Crippen LogP contribution in [0.4, 0.5) is 0 Å². The van der Waals surface area contributed by atoms with Crippen molar-refractivity contribution in [2.24, 2.45) is 11.5 Å². The third-order valence-electron chi connectivity index (χ3n) is 7.17. The van der Waals surface area contributed by atoms with E-state index in [1.54, 1.807) is 29.2 Å². The van der Waals surface area contributed by atoms with Crippen molar-refractivity contribution in [1.29, 1.82) is 5.41 Å². The predicted octanol–water partition coefficient (Wildman–Crippen LogP) is 3.87. The van der Waals surface area contributed by atoms with Crippen LogP contribution in [-0.2, 0) is 21.5 Å². The van der Waals surface area contributed by atoms with E-state index in [1.807, 2.05) is 91.0 Å². The van der Waals surface area contributed by atoms with Gasteiger partial charge in [0, 0.05) is 13.1 Å². The number of primary amides is 1. The Bertz CT molecular complexity index is 1350. The maximum atomic E-state index is 15.3. The molecule has 4 aromatic rings. The molecule has 1 atom stereocenters. The number of nitrogens with zero attached hydrogens (tertiary/aromatic N) is 1. The molecule has 8 nitrogen and oxygen atoms in total. The number of nitrogens with one attached hydrogen (secondary N) is 2. The normalized spacial score (nSPS) is 11.8. The van der Waals surface area contributed by atoms with E-state index in [9.17, 15) is 9.90 Å². The Labute approximate surface area is 240 Å². The van der Waals surface area contributed by atoms with Crippen molar-refractivity contribution in [1.82, 2.24) is 10.2 Å². The first-order valence-electron chi connectivity index (χ1n) is 13.5. The lowest BCUT2D eigenvalue weighted by molar-refractivity contribution is -0.143. The van der Waals surface area contributed by atoms with Gasteiger partial charge in [-0.3, -0.25) is 15.0 Å². The quantitative estimate of drug-likeness (QED) is 0.0788. The Hall–Kier alpha value is -5.11. The van der Waals surface area contributed by atoms with Gasteiger partial charge >= 0.3 is 0 Å². The molecule has 4 aromatic carbocycles. The third-order valence-corrected chi connectivity index (χ3v) is 7.17. The summed E-state index contributed by atoms with van der Waals surface area (Å²) in [6.45, 7) is 0.433. The van der Waals surface area contributed by atoms with Crippen molar-refractivity contribution >= 4 is 17.8 Å². The molecular weight excluding hydrogens is 514 g/mol. The third kappa shape index (κ3) is 6.55. The van der Waals surface area contributed by atoms with Gasteiger partial charge in [-0.2, -0.15) is 0 Å². The molecular formula is C33H35N5O3. The smallest absolute Gasteiger partial charge is 0.243 e. The van der Waals surface area contributed by atoms with Crippen molar-refractivity contribution in [2.75, 3.05) is 6.54 Å². The van der Waals surface area contributed by atoms with Crippen LogP contribution in [0, 0.1) is 5.41 Å². The van der Waals surface area contributed by atoms with E-state index in [4.69, 9.17) is 16.9 Å². The number of aromatic hydroxyl groups is 1. The van der Waals surface area contributed by atoms with Crippen molar-refractivity contribution in [3.8, 4) is 5.75 Å². The van der Waals surface area contributed by atoms with Crippen LogP contribution < -0.4 is 16.8 Å². The van der Waals surface area contributed by atoms with Crippen LogP contribution >= 0.6 is 0 Å². The molecule has 0 aromatic heterocycles. The summed E-state index contributed by atoms with van der Waals surface area (Å²) in [4.78, 5) is 29.9. The summed E-state index contributed by atoms with van der Waals surface area (Å²) in [5.74, 6) is -1.02. The first-order valence-corrected chi connectivity index (χ1v) is 13.5. The molecule has 0 fully saturated rings. The summed E-state index contributed by atoms with van der Waals surface area (Å²) < 4.78 is 0. The van der Waals surface area contributed by atoms with Gasteiger partial charge in [-0.25, -0.2) is 0 Å². The number of carbonyl (C=O) groups excluding carboxylic acids is 2. The average molecular weight is 550 g/mol. The highest BCUT2D eigenvalue weighted by atomic mass is 16.3. The number of phenols is 1. The summed E-state index contributed by atoms with van der Waals surface area (Å²) in [5.41, 5.74) is 13.1. The number of amides is 2. The minimum Gasteiger partial charge on any atom is -0.508 e. The molecule has 0 saturated carbocycles. The monoisotopic (exact) mass is 549 g/mol. The topological polar surface area (TPSA) is 146 Å². The van der Waals surface area contributed by atoms with E-state index < -0.39 is 17.4 Å². The zero-order valence-corrected chi connectivity index (χ0v) is 22.7. The molecule has 41 heavy (non-hydrogen) atoms. The predicted molar refractivity (Wildman–Crippen MR) is 160 cm³/mol. The van der Waals surface area contributed by atoms with Crippen LogP contribution in [0.15, 0.2) is 115 Å². The molecule has 0 spiro atoms. The Morgan fingerprint density at radius 2 is 1.24 bits per heavy atom. The fourth-order valence-electron chi connectivity index (χ4n) is 5.24. The van der Waals surface area contributed by atoms with E-state index in [2.05, 4.69) is 5.32 Å². The second kappa shape index (κ2) is 13.3. The molecule has 0 unspecified atom stereocenters. The highest BCUT2D eigenvalue weighted by molar-refractivity contribution is 5.98. The van der Waals surface area contributed by atoms with Crippen molar-refractivity contribution in [3.05, 3.63) is 138 Å². The maximum absolute atomic E-state index is 15.3. The Morgan fingerprint density at radius 1 is 0.780 bits per heavy atom. The zero-order valence-electron chi connectivity index (χ0n) is 22.7. The molecule has 210 valence electrons. The molecule has 0 radical (unpaired) electrons. The average Bonchev–Trinajstić information content (AvgIpc) is 2.99. The van der Waals surface area contributed by atoms with Crippen LogP contribution in [-0.4, -0.2) is 40.4 Å². The molecule has 7 N–H and O–H groups in total. The van der Waals surface area contributed by atoms with Crippen molar-refractivity contribution < 1.29 is 14.7 Å². The number of nitrogens with two attached hydrogens (primary N) is 2. The molecule has 0 aliphatic heterocycles. The van der Waals surface area contributed by atoms with Crippen LogP contribution in [0.2, 0.25) is 0 Å². The van der Waals surface area contributed by atoms with Gasteiger partial charge in [0.25, 0.3) is 0 Å². The molecule has 8 heteroatoms. The SMILES string of the molecule is N=C(N)NCCC[C@H](C(N)=O)N(Cc1ccc(O)cc1)C(=O)C(c1ccccc1)(c1ccccc1)c1ccccc1. The second-order valence-electron chi connectivity index (χ2n) is 9.85. The van der Waals surface area contributed by atoms with Crippen LogP contribution in [0.3, 0.4) is 0 Å². The summed E-state index contributed by atoms with van der Waals surface area (Å²) >= 11 is 0. The van der Waals surface area contributed by atoms with Gasteiger partial charge in [0.1, 0.15) is 17.2 Å². The maximum Gasteiger partial charge on any atom is 0.243 e. The lowest BCUT2D eigenvalue weighted by Crippen LogP contribution is -2.55. The zero-order chi connectivity index (χ0) is 29.2. The molecule has 0 bridgehead atoms. The Balaban J connectivity index is 1.93. The highest BCUT2D eigenvalue weighted by Gasteiger charge is 2.48. The van der Waals surface area contributed by atoms with Gasteiger partial charge in [-0.05, 0) is 47.2 Å². The lowest BCUT2D eigenvalue weighted by atomic mass is 9.68. The van der Waals surface area contributed by atoms with E-state index in [-0.39, 0.29) is 30.6 Å². The van der Waals surface area contributed by atoms with Gasteiger partial charge in [0.05, 0.1) is 0 Å². The number of hydrogen-bond donors (Lipinski definition) is 5. The number of rotatable bonds is 12. The van der Waals surface area contributed by atoms with Crippen molar-refractivity contribution in [2.45, 2.75) is 30.8 Å². The number of benzene rings is 4. The van der Waals surface area contributed by atoms with Crippen LogP contribution in [0.1, 0.15) is 35.1 Å². The van der Waals surface area contributed by atoms with E-state index >= 15 is 4.79 Å². The number of hydrogen-bond acceptors (Lipinski definition) is 4. The second-order valence-corrected chi connectivity index (χ2v) is 9.85. The van der Waals surface area contributed by atoms with Gasteiger partial charge in [0.2, 0.25) is 11.8 Å². The summed E-state index contributed by atoms with van der Waals surface area (Å²) in [6.07, 6.45) is 0.704. The van der Waals surface area contributed by atoms with E-state index in [1.165, 1.54) is 0 Å². The molecule has 0 aliphatic carbocycles. The summed E-state index contributed by atoms with van der Waals surface area (Å²) in [7, 11) is 0. The Morgan fingerprint density at radius 3 is 1.66 bits per heavy atom. The highest BCUT2D eigenvalue weighted by Crippen LogP contribution is 2.42. The fourth-order valence-corrected chi connectivity index (χ4v) is 5.24. The van der Waals surface area contributed by atoms with Gasteiger partial charge < -0.3 is 26.8 Å². The summed E-state index contributed by atoms with van der Waals surface area (Å²) in [5, 5.41) is 20.1. The minimum absolute atomic E-state index is 0.0844. The number of carbonyl (C=O) groups is 2. The van der Waals surface area contributed by atoms with Crippen LogP contribution in [0.25, 0.3) is 0 Å². The van der Waals surface area contributed by atoms with E-state index in [0.717, 1.165) is 22.3 Å². The van der Waals surface area contributed by atoms with Gasteiger partial charge in [0.15, 0.2) is 5.96 Å². The first-order chi connectivity index (χ1) is 19.8. The van der Waals surface area contributed by atoms with Crippen LogP contribution in [0.5, 0.6) is 5.75 Å². The van der Waals surface area contributed by atoms with Crippen molar-refractivity contribution in [3.63, 3.8) is 0 Å². The fraction of sp³-hybridized carbons (Fsp3) is 0.182. The molecule has 0 heterocycles. The first kappa shape index (κ1) is 28.9. The molecule has 4 rings (SSSR count). The van der Waals surface area contributed by atoms with Gasteiger partial charge in [-0.15, -0.1) is 0 Å². The summed E-state index contributed by atoms with van der Waals surface area (Å²) in [6, 6.07) is 34.2. The standard InChI is InChI=1S/C33H35N5O3/c34-30(40)29(17-10-22-37-32(35)36)38(23-24-18-20-28(39)21-19-24)31(41)33(25-11-4-1-5-12-25,26-13-6-2-7-14-26)27-15-8-3-9-16-27/h1-9,11-16,18-21,29,39H,10,17,22-23H2,(H2,34,40)(H4,35,36,37)/t29-/m1/s1. The van der Waals surface area contributed by atoms with E-state index in [0.29, 0.717) is 13.0 Å². The van der Waals surface area contributed by atoms with Gasteiger partial charge in [-0.1, -0.05) is 103 Å². The largest absolute Gasteiger partial charge is 0.508 e.